The topological polar surface area (TPSA) is 181 Å². The van der Waals surface area contributed by atoms with Gasteiger partial charge in [-0.15, -0.1) is 0 Å². The molecule has 1 N–H and O–H groups in total. The number of aromatic amines is 1. The van der Waals surface area contributed by atoms with Gasteiger partial charge in [0.15, 0.2) is 0 Å². The molecule has 0 amide bonds. The number of ether oxygens (including phenoxy) is 1. The first-order valence-electron chi connectivity index (χ1n) is 21.0. The van der Waals surface area contributed by atoms with Crippen LogP contribution in [0.5, 0.6) is 0 Å². The summed E-state index contributed by atoms with van der Waals surface area (Å²) in [5.41, 5.74) is 10.2. The van der Waals surface area contributed by atoms with E-state index in [4.69, 9.17) is 18.3 Å². The first kappa shape index (κ1) is 42.6. The molecule has 4 aliphatic carbocycles. The van der Waals surface area contributed by atoms with E-state index in [0.717, 1.165) is 18.8 Å². The second-order valence-electron chi connectivity index (χ2n) is 18.1. The standard InChI is InChI=1S/C42H63N6O7P/c1-8-29(26(2)3)11-10-27(4)33-14-15-34-32-13-12-30-22-31(16-18-41(30,6)35(32)17-19-42(33,34)7)55-56(51,52-21-9-20-43)53-25-37-36(46-47-44)23-38(54-37)48-24-28(5)39(49)45-40(48)50/h10-12,24,26-27,29,31-38H,8-9,13-19,21-23,25H2,1-7H3,(H,45,49,50)/b11-10+/t27?,29?,31?,32?,33?,34?,35?,36-,37+,38+,41?,42?,56?/m0/s1. The minimum absolute atomic E-state index is 0.00128. The number of phosphoric ester groups is 1. The number of nitrogens with zero attached hydrogens (tertiary/aromatic N) is 5. The van der Waals surface area contributed by atoms with Gasteiger partial charge in [0.05, 0.1) is 44.0 Å². The Morgan fingerprint density at radius 2 is 1.95 bits per heavy atom. The molecule has 1 saturated heterocycles. The van der Waals surface area contributed by atoms with Crippen LogP contribution in [0.15, 0.2) is 44.7 Å². The van der Waals surface area contributed by atoms with Crippen LogP contribution in [0.2, 0.25) is 0 Å². The van der Waals surface area contributed by atoms with Crippen molar-refractivity contribution in [3.63, 3.8) is 0 Å². The Balaban J connectivity index is 1.12. The molecule has 0 spiro atoms. The summed E-state index contributed by atoms with van der Waals surface area (Å²) in [4.78, 5) is 29.7. The maximum atomic E-state index is 14.3. The molecule has 1 aromatic heterocycles. The lowest BCUT2D eigenvalue weighted by molar-refractivity contribution is -0.0567. The number of aryl methyl sites for hydroxylation is 1. The van der Waals surface area contributed by atoms with Gasteiger partial charge < -0.3 is 4.74 Å². The number of allylic oxidation sites excluding steroid dienone is 3. The first-order valence-corrected chi connectivity index (χ1v) is 22.5. The summed E-state index contributed by atoms with van der Waals surface area (Å²) in [6.07, 6.45) is 16.5. The highest BCUT2D eigenvalue weighted by Gasteiger charge is 2.59. The monoisotopic (exact) mass is 794 g/mol. The number of aromatic nitrogens is 2. The maximum absolute atomic E-state index is 14.3. The molecule has 1 aromatic rings. The highest BCUT2D eigenvalue weighted by Crippen LogP contribution is 2.68. The molecule has 1 aliphatic heterocycles. The first-order chi connectivity index (χ1) is 26.7. The van der Waals surface area contributed by atoms with Crippen LogP contribution in [0.25, 0.3) is 10.4 Å². The predicted octanol–water partition coefficient (Wildman–Crippen LogP) is 9.71. The van der Waals surface area contributed by atoms with Crippen LogP contribution in [0.4, 0.5) is 0 Å². The quantitative estimate of drug-likeness (QED) is 0.0455. The average molecular weight is 795 g/mol. The van der Waals surface area contributed by atoms with Crippen LogP contribution >= 0.6 is 7.82 Å². The lowest BCUT2D eigenvalue weighted by atomic mass is 9.47. The lowest BCUT2D eigenvalue weighted by Crippen LogP contribution is -2.50. The van der Waals surface area contributed by atoms with Gasteiger partial charge in [0, 0.05) is 23.1 Å². The molecule has 56 heavy (non-hydrogen) atoms. The van der Waals surface area contributed by atoms with Crippen molar-refractivity contribution in [1.29, 1.82) is 5.26 Å². The van der Waals surface area contributed by atoms with E-state index < -0.39 is 43.5 Å². The number of nitriles is 1. The molecule has 0 radical (unpaired) electrons. The molecule has 0 bridgehead atoms. The molecule has 308 valence electrons. The van der Waals surface area contributed by atoms with Crippen molar-refractivity contribution in [3.05, 3.63) is 66.8 Å². The van der Waals surface area contributed by atoms with Crippen molar-refractivity contribution in [3.8, 4) is 6.07 Å². The van der Waals surface area contributed by atoms with E-state index in [1.807, 2.05) is 6.07 Å². The highest BCUT2D eigenvalue weighted by atomic mass is 31.2. The van der Waals surface area contributed by atoms with Gasteiger partial charge in [-0.05, 0) is 122 Å². The Kier molecular flexibility index (Phi) is 13.3. The Morgan fingerprint density at radius 1 is 1.16 bits per heavy atom. The van der Waals surface area contributed by atoms with E-state index in [2.05, 4.69) is 74.8 Å². The average Bonchev–Trinajstić information content (AvgIpc) is 3.73. The zero-order valence-corrected chi connectivity index (χ0v) is 35.3. The van der Waals surface area contributed by atoms with Gasteiger partial charge in [-0.3, -0.25) is 27.9 Å². The van der Waals surface area contributed by atoms with Crippen LogP contribution in [-0.4, -0.2) is 41.0 Å². The summed E-state index contributed by atoms with van der Waals surface area (Å²) < 4.78 is 39.4. The van der Waals surface area contributed by atoms with Gasteiger partial charge in [-0.2, -0.15) is 5.26 Å². The Hall–Kier alpha value is -2.97. The van der Waals surface area contributed by atoms with E-state index in [-0.39, 0.29) is 31.5 Å². The molecule has 10 unspecified atom stereocenters. The van der Waals surface area contributed by atoms with Gasteiger partial charge >= 0.3 is 13.5 Å². The second-order valence-corrected chi connectivity index (χ2v) is 19.7. The molecular formula is C42H63N6O7P. The number of fused-ring (bicyclic) bond motifs is 5. The lowest BCUT2D eigenvalue weighted by Gasteiger charge is -2.58. The van der Waals surface area contributed by atoms with Gasteiger partial charge in [0.2, 0.25) is 0 Å². The molecule has 2 heterocycles. The molecule has 6 rings (SSSR count). The molecule has 0 aromatic carbocycles. The second kappa shape index (κ2) is 17.5. The van der Waals surface area contributed by atoms with Crippen LogP contribution in [0.3, 0.4) is 0 Å². The van der Waals surface area contributed by atoms with E-state index in [1.54, 1.807) is 6.92 Å². The van der Waals surface area contributed by atoms with Crippen LogP contribution in [-0.2, 0) is 22.9 Å². The van der Waals surface area contributed by atoms with Crippen molar-refractivity contribution in [1.82, 2.24) is 9.55 Å². The molecule has 14 heteroatoms. The van der Waals surface area contributed by atoms with E-state index in [0.29, 0.717) is 59.3 Å². The fourth-order valence-corrected chi connectivity index (χ4v) is 13.0. The molecule has 5 aliphatic rings. The van der Waals surface area contributed by atoms with Gasteiger partial charge in [0.25, 0.3) is 5.56 Å². The van der Waals surface area contributed by atoms with Gasteiger partial charge in [0.1, 0.15) is 6.23 Å². The third-order valence-electron chi connectivity index (χ3n) is 14.8. The minimum Gasteiger partial charge on any atom is -0.352 e. The van der Waals surface area contributed by atoms with Crippen molar-refractivity contribution in [2.45, 2.75) is 144 Å². The normalized spacial score (nSPS) is 36.1. The molecular weight excluding hydrogens is 731 g/mol. The third kappa shape index (κ3) is 8.58. The maximum Gasteiger partial charge on any atom is 0.475 e. The van der Waals surface area contributed by atoms with Gasteiger partial charge in [-0.25, -0.2) is 9.36 Å². The summed E-state index contributed by atoms with van der Waals surface area (Å²) in [6, 6.07) is 1.26. The van der Waals surface area contributed by atoms with Crippen molar-refractivity contribution < 1.29 is 22.9 Å². The van der Waals surface area contributed by atoms with Crippen LogP contribution < -0.4 is 11.2 Å². The Bertz CT molecular complexity index is 1900. The number of H-pyrrole nitrogens is 1. The number of azide groups is 1. The fourth-order valence-electron chi connectivity index (χ4n) is 11.6. The van der Waals surface area contributed by atoms with Crippen LogP contribution in [0.1, 0.15) is 124 Å². The molecule has 3 saturated carbocycles. The number of phosphoric acid groups is 1. The highest BCUT2D eigenvalue weighted by molar-refractivity contribution is 7.48. The van der Waals surface area contributed by atoms with Crippen LogP contribution in [0, 0.1) is 70.5 Å². The number of rotatable bonds is 15. The van der Waals surface area contributed by atoms with Crippen molar-refractivity contribution in [2.75, 3.05) is 13.2 Å². The van der Waals surface area contributed by atoms with Gasteiger partial charge in [-0.1, -0.05) is 70.5 Å². The summed E-state index contributed by atoms with van der Waals surface area (Å²) in [5.74, 6) is 4.59. The number of nitrogens with one attached hydrogen (secondary N) is 1. The smallest absolute Gasteiger partial charge is 0.352 e. The Labute approximate surface area is 331 Å². The number of hydrogen-bond acceptors (Lipinski definition) is 9. The summed E-state index contributed by atoms with van der Waals surface area (Å²) >= 11 is 0. The predicted molar refractivity (Wildman–Crippen MR) is 214 cm³/mol. The number of hydrogen-bond donors (Lipinski definition) is 1. The fraction of sp³-hybridized carbons (Fsp3) is 0.786. The largest absolute Gasteiger partial charge is 0.475 e. The zero-order valence-electron chi connectivity index (χ0n) is 34.4. The molecule has 13 nitrogen and oxygen atoms in total. The molecule has 13 atom stereocenters. The SMILES string of the molecule is CCC(/C=C/C(C)C1CCC2C3CC=C4CC(OP(=O)(OCCC#N)OC[C@H]5O[C@@H](n6cc(C)c(=O)[nH]c6=O)C[C@@H]5N=[N+]=[N-])CCC4(C)C3CCC12C)C(C)C. The van der Waals surface area contributed by atoms with E-state index >= 15 is 0 Å². The third-order valence-corrected chi connectivity index (χ3v) is 16.3. The summed E-state index contributed by atoms with van der Waals surface area (Å²) in [6.45, 7) is 15.6. The van der Waals surface area contributed by atoms with Crippen molar-refractivity contribution >= 4 is 7.82 Å². The van der Waals surface area contributed by atoms with E-state index in [1.165, 1.54) is 48.4 Å². The van der Waals surface area contributed by atoms with Crippen molar-refractivity contribution in [2.24, 2.45) is 57.4 Å². The summed E-state index contributed by atoms with van der Waals surface area (Å²) in [5, 5.41) is 13.0. The molecule has 4 fully saturated rings. The summed E-state index contributed by atoms with van der Waals surface area (Å²) in [7, 11) is -4.20. The van der Waals surface area contributed by atoms with E-state index in [9.17, 15) is 24.9 Å². The zero-order chi connectivity index (χ0) is 40.4. The Morgan fingerprint density at radius 3 is 2.66 bits per heavy atom. The minimum atomic E-state index is -4.20.